The number of benzene rings is 1. The number of hydrogen-bond donors (Lipinski definition) is 2. The summed E-state index contributed by atoms with van der Waals surface area (Å²) in [6, 6.07) is 7.30. The minimum absolute atomic E-state index is 0.117. The van der Waals surface area contributed by atoms with Gasteiger partial charge in [0, 0.05) is 40.5 Å². The van der Waals surface area contributed by atoms with Gasteiger partial charge < -0.3 is 10.3 Å². The first kappa shape index (κ1) is 13.1. The van der Waals surface area contributed by atoms with E-state index in [0.717, 1.165) is 22.3 Å². The molecule has 0 saturated heterocycles. The molecule has 0 atom stereocenters. The lowest BCUT2D eigenvalue weighted by atomic mass is 10.2. The molecule has 2 heterocycles. The summed E-state index contributed by atoms with van der Waals surface area (Å²) in [4.78, 5) is 19.3. The number of aromatic nitrogens is 2. The summed E-state index contributed by atoms with van der Waals surface area (Å²) < 4.78 is 0. The van der Waals surface area contributed by atoms with E-state index in [2.05, 4.69) is 15.3 Å². The highest BCUT2D eigenvalue weighted by atomic mass is 35.5. The number of thiazole rings is 1. The maximum Gasteiger partial charge on any atom is 0.267 e. The number of aromatic amines is 1. The van der Waals surface area contributed by atoms with Crippen molar-refractivity contribution in [1.82, 2.24) is 15.3 Å². The van der Waals surface area contributed by atoms with Gasteiger partial charge in [0.15, 0.2) is 0 Å². The quantitative estimate of drug-likeness (QED) is 0.777. The third-order valence-electron chi connectivity index (χ3n) is 2.94. The summed E-state index contributed by atoms with van der Waals surface area (Å²) in [5.74, 6) is -0.117. The molecule has 102 valence electrons. The number of amides is 1. The molecule has 0 saturated carbocycles. The Balaban J connectivity index is 1.66. The van der Waals surface area contributed by atoms with Crippen molar-refractivity contribution in [2.24, 2.45) is 0 Å². The van der Waals surface area contributed by atoms with Crippen LogP contribution in [0.3, 0.4) is 0 Å². The van der Waals surface area contributed by atoms with Crippen LogP contribution in [0.5, 0.6) is 0 Å². The lowest BCUT2D eigenvalue weighted by molar-refractivity contribution is 0.0950. The topological polar surface area (TPSA) is 57.8 Å². The van der Waals surface area contributed by atoms with Crippen molar-refractivity contribution in [3.8, 4) is 0 Å². The second kappa shape index (κ2) is 5.64. The predicted octanol–water partition coefficient (Wildman–Crippen LogP) is 3.25. The fourth-order valence-electron chi connectivity index (χ4n) is 1.98. The molecule has 0 spiro atoms. The van der Waals surface area contributed by atoms with Crippen LogP contribution >= 0.6 is 22.9 Å². The highest BCUT2D eigenvalue weighted by molar-refractivity contribution is 7.09. The summed E-state index contributed by atoms with van der Waals surface area (Å²) >= 11 is 7.52. The Labute approximate surface area is 124 Å². The molecule has 4 nitrogen and oxygen atoms in total. The molecule has 1 aromatic carbocycles. The van der Waals surface area contributed by atoms with Crippen molar-refractivity contribution in [2.45, 2.75) is 6.42 Å². The maximum absolute atomic E-state index is 12.0. The SMILES string of the molecule is O=C(NCCc1nccs1)c1cc2cc(Cl)ccc2[nH]1. The van der Waals surface area contributed by atoms with Crippen LogP contribution in [0.15, 0.2) is 35.8 Å². The van der Waals surface area contributed by atoms with Crippen molar-refractivity contribution in [2.75, 3.05) is 6.54 Å². The van der Waals surface area contributed by atoms with Crippen molar-refractivity contribution < 1.29 is 4.79 Å². The molecule has 3 aromatic rings. The maximum atomic E-state index is 12.0. The molecule has 0 bridgehead atoms. The number of nitrogens with zero attached hydrogens (tertiary/aromatic N) is 1. The van der Waals surface area contributed by atoms with Crippen LogP contribution in [0.2, 0.25) is 5.02 Å². The van der Waals surface area contributed by atoms with Gasteiger partial charge in [0.05, 0.1) is 5.01 Å². The molecule has 0 aliphatic rings. The molecule has 0 radical (unpaired) electrons. The van der Waals surface area contributed by atoms with Gasteiger partial charge in [0.1, 0.15) is 5.69 Å². The van der Waals surface area contributed by atoms with Gasteiger partial charge in [-0.2, -0.15) is 0 Å². The summed E-state index contributed by atoms with van der Waals surface area (Å²) in [6.45, 7) is 0.572. The molecule has 6 heteroatoms. The number of carbonyl (C=O) groups excluding carboxylic acids is 1. The zero-order valence-corrected chi connectivity index (χ0v) is 12.1. The zero-order chi connectivity index (χ0) is 13.9. The number of nitrogens with one attached hydrogen (secondary N) is 2. The van der Waals surface area contributed by atoms with Gasteiger partial charge in [-0.05, 0) is 24.3 Å². The first-order valence-electron chi connectivity index (χ1n) is 6.17. The minimum Gasteiger partial charge on any atom is -0.351 e. The molecule has 1 amide bonds. The van der Waals surface area contributed by atoms with Gasteiger partial charge in [-0.25, -0.2) is 4.98 Å². The number of fused-ring (bicyclic) bond motifs is 1. The van der Waals surface area contributed by atoms with Gasteiger partial charge in [0.25, 0.3) is 5.91 Å². The average molecular weight is 306 g/mol. The number of rotatable bonds is 4. The first-order chi connectivity index (χ1) is 9.72. The monoisotopic (exact) mass is 305 g/mol. The van der Waals surface area contributed by atoms with E-state index in [4.69, 9.17) is 11.6 Å². The molecule has 0 aliphatic heterocycles. The van der Waals surface area contributed by atoms with Crippen molar-refractivity contribution in [3.05, 3.63) is 51.6 Å². The standard InChI is InChI=1S/C14H12ClN3OS/c15-10-1-2-11-9(7-10)8-12(18-11)14(19)17-4-3-13-16-5-6-20-13/h1-2,5-8,18H,3-4H2,(H,17,19). The molecule has 2 N–H and O–H groups in total. The molecule has 20 heavy (non-hydrogen) atoms. The van der Waals surface area contributed by atoms with E-state index in [1.54, 1.807) is 29.7 Å². The van der Waals surface area contributed by atoms with Crippen molar-refractivity contribution >= 4 is 39.7 Å². The number of hydrogen-bond acceptors (Lipinski definition) is 3. The van der Waals surface area contributed by atoms with Crippen LogP contribution in [-0.2, 0) is 6.42 Å². The Hall–Kier alpha value is -1.85. The number of carbonyl (C=O) groups is 1. The second-order valence-electron chi connectivity index (χ2n) is 4.35. The molecule has 2 aromatic heterocycles. The van der Waals surface area contributed by atoms with Crippen LogP contribution < -0.4 is 5.32 Å². The Kier molecular flexibility index (Phi) is 3.71. The Morgan fingerprint density at radius 1 is 1.40 bits per heavy atom. The smallest absolute Gasteiger partial charge is 0.267 e. The summed E-state index contributed by atoms with van der Waals surface area (Å²) in [6.07, 6.45) is 2.51. The molecule has 3 rings (SSSR count). The summed E-state index contributed by atoms with van der Waals surface area (Å²) in [7, 11) is 0. The van der Waals surface area contributed by atoms with E-state index in [9.17, 15) is 4.79 Å². The van der Waals surface area contributed by atoms with Gasteiger partial charge in [0.2, 0.25) is 0 Å². The predicted molar refractivity (Wildman–Crippen MR) is 81.5 cm³/mol. The average Bonchev–Trinajstić information content (AvgIpc) is 3.06. The van der Waals surface area contributed by atoms with Gasteiger partial charge >= 0.3 is 0 Å². The van der Waals surface area contributed by atoms with E-state index in [1.165, 1.54) is 0 Å². The number of H-pyrrole nitrogens is 1. The normalized spacial score (nSPS) is 10.8. The van der Waals surface area contributed by atoms with Crippen LogP contribution in [0.4, 0.5) is 0 Å². The largest absolute Gasteiger partial charge is 0.351 e. The third kappa shape index (κ3) is 2.84. The molecule has 0 unspecified atom stereocenters. The van der Waals surface area contributed by atoms with Crippen molar-refractivity contribution in [3.63, 3.8) is 0 Å². The zero-order valence-electron chi connectivity index (χ0n) is 10.5. The van der Waals surface area contributed by atoms with Crippen LogP contribution in [0.25, 0.3) is 10.9 Å². The lowest BCUT2D eigenvalue weighted by Gasteiger charge is -2.01. The summed E-state index contributed by atoms with van der Waals surface area (Å²) in [5, 5.41) is 7.42. The Bertz CT molecular complexity index is 736. The van der Waals surface area contributed by atoms with E-state index >= 15 is 0 Å². The minimum atomic E-state index is -0.117. The molecular weight excluding hydrogens is 294 g/mol. The number of halogens is 1. The highest BCUT2D eigenvalue weighted by Crippen LogP contribution is 2.20. The first-order valence-corrected chi connectivity index (χ1v) is 7.43. The van der Waals surface area contributed by atoms with Gasteiger partial charge in [-0.1, -0.05) is 11.6 Å². The highest BCUT2D eigenvalue weighted by Gasteiger charge is 2.09. The van der Waals surface area contributed by atoms with Crippen LogP contribution in [-0.4, -0.2) is 22.4 Å². The van der Waals surface area contributed by atoms with E-state index in [0.29, 0.717) is 17.3 Å². The van der Waals surface area contributed by atoms with E-state index < -0.39 is 0 Å². The second-order valence-corrected chi connectivity index (χ2v) is 5.76. The van der Waals surface area contributed by atoms with Crippen molar-refractivity contribution in [1.29, 1.82) is 0 Å². The summed E-state index contributed by atoms with van der Waals surface area (Å²) in [5.41, 5.74) is 1.45. The fraction of sp³-hybridized carbons (Fsp3) is 0.143. The fourth-order valence-corrected chi connectivity index (χ4v) is 2.78. The lowest BCUT2D eigenvalue weighted by Crippen LogP contribution is -2.25. The van der Waals surface area contributed by atoms with E-state index in [-0.39, 0.29) is 5.91 Å². The van der Waals surface area contributed by atoms with Crippen LogP contribution in [0, 0.1) is 0 Å². The Morgan fingerprint density at radius 2 is 2.30 bits per heavy atom. The van der Waals surface area contributed by atoms with Crippen LogP contribution in [0.1, 0.15) is 15.5 Å². The van der Waals surface area contributed by atoms with E-state index in [1.807, 2.05) is 17.5 Å². The molecule has 0 fully saturated rings. The third-order valence-corrected chi connectivity index (χ3v) is 4.01. The molecular formula is C14H12ClN3OS. The van der Waals surface area contributed by atoms with Gasteiger partial charge in [-0.15, -0.1) is 11.3 Å². The Morgan fingerprint density at radius 3 is 3.10 bits per heavy atom. The molecule has 0 aliphatic carbocycles. The van der Waals surface area contributed by atoms with Gasteiger partial charge in [-0.3, -0.25) is 4.79 Å².